The molecule has 0 radical (unpaired) electrons. The van der Waals surface area contributed by atoms with Gasteiger partial charge in [-0.25, -0.2) is 8.42 Å². The monoisotopic (exact) mass is 380 g/mol. The summed E-state index contributed by atoms with van der Waals surface area (Å²) < 4.78 is 27.5. The third-order valence-electron chi connectivity index (χ3n) is 5.26. The first-order chi connectivity index (χ1) is 12.3. The zero-order valence-electron chi connectivity index (χ0n) is 16.5. The van der Waals surface area contributed by atoms with Crippen molar-refractivity contribution in [3.05, 3.63) is 29.3 Å². The number of amides is 1. The molecule has 2 rings (SSSR count). The van der Waals surface area contributed by atoms with Crippen LogP contribution in [0.2, 0.25) is 0 Å². The summed E-state index contributed by atoms with van der Waals surface area (Å²) in [7, 11) is -3.51. The first-order valence-electron chi connectivity index (χ1n) is 9.67. The second-order valence-corrected chi connectivity index (χ2v) is 9.15. The largest absolute Gasteiger partial charge is 0.340 e. The van der Waals surface area contributed by atoms with Crippen LogP contribution in [0.3, 0.4) is 0 Å². The van der Waals surface area contributed by atoms with Gasteiger partial charge in [-0.15, -0.1) is 0 Å². The molecule has 6 heteroatoms. The van der Waals surface area contributed by atoms with Crippen molar-refractivity contribution in [1.29, 1.82) is 0 Å². The number of unbranched alkanes of at least 4 members (excludes halogenated alkanes) is 1. The van der Waals surface area contributed by atoms with Gasteiger partial charge in [0.15, 0.2) is 0 Å². The lowest BCUT2D eigenvalue weighted by Crippen LogP contribution is -2.51. The summed E-state index contributed by atoms with van der Waals surface area (Å²) >= 11 is 0. The Kier molecular flexibility index (Phi) is 7.24. The number of rotatable bonds is 7. The highest BCUT2D eigenvalue weighted by Crippen LogP contribution is 2.23. The molecule has 1 aliphatic rings. The van der Waals surface area contributed by atoms with E-state index in [1.54, 1.807) is 6.07 Å². The van der Waals surface area contributed by atoms with Crippen molar-refractivity contribution in [3.63, 3.8) is 0 Å². The standard InChI is InChI=1S/C20H32N2O3S/c1-5-7-8-18(6-2)20(23)21-11-13-22(14-12-21)26(24,25)19-15-16(3)9-10-17(19)4/h9-10,15,18H,5-8,11-14H2,1-4H3. The molecule has 0 bridgehead atoms. The van der Waals surface area contributed by atoms with E-state index in [1.807, 2.05) is 30.9 Å². The minimum absolute atomic E-state index is 0.0668. The Morgan fingerprint density at radius 2 is 1.77 bits per heavy atom. The Morgan fingerprint density at radius 3 is 2.35 bits per heavy atom. The van der Waals surface area contributed by atoms with Crippen LogP contribution in [0.25, 0.3) is 0 Å². The molecular formula is C20H32N2O3S. The lowest BCUT2D eigenvalue weighted by molar-refractivity contribution is -0.137. The number of hydrogen-bond donors (Lipinski definition) is 0. The highest BCUT2D eigenvalue weighted by atomic mass is 32.2. The molecular weight excluding hydrogens is 348 g/mol. The minimum atomic E-state index is -3.51. The molecule has 1 fully saturated rings. The van der Waals surface area contributed by atoms with Crippen LogP contribution in [0.15, 0.2) is 23.1 Å². The van der Waals surface area contributed by atoms with Crippen molar-refractivity contribution in [2.24, 2.45) is 5.92 Å². The minimum Gasteiger partial charge on any atom is -0.340 e. The van der Waals surface area contributed by atoms with Crippen molar-refractivity contribution < 1.29 is 13.2 Å². The number of aryl methyl sites for hydroxylation is 2. The van der Waals surface area contributed by atoms with E-state index >= 15 is 0 Å². The SMILES string of the molecule is CCCCC(CC)C(=O)N1CCN(S(=O)(=O)c2cc(C)ccc2C)CC1. The highest BCUT2D eigenvalue weighted by Gasteiger charge is 2.32. The molecule has 26 heavy (non-hydrogen) atoms. The quantitative estimate of drug-likeness (QED) is 0.729. The molecule has 0 saturated carbocycles. The van der Waals surface area contributed by atoms with Gasteiger partial charge in [0, 0.05) is 32.1 Å². The summed E-state index contributed by atoms with van der Waals surface area (Å²) in [4.78, 5) is 14.9. The van der Waals surface area contributed by atoms with Gasteiger partial charge >= 0.3 is 0 Å². The molecule has 0 N–H and O–H groups in total. The van der Waals surface area contributed by atoms with Crippen LogP contribution < -0.4 is 0 Å². The Balaban J connectivity index is 2.05. The van der Waals surface area contributed by atoms with E-state index in [0.29, 0.717) is 31.1 Å². The molecule has 1 amide bonds. The number of carbonyl (C=O) groups is 1. The topological polar surface area (TPSA) is 57.7 Å². The Bertz CT molecular complexity index is 723. The molecule has 1 aromatic rings. The van der Waals surface area contributed by atoms with E-state index in [0.717, 1.165) is 36.8 Å². The van der Waals surface area contributed by atoms with Gasteiger partial charge in [0.25, 0.3) is 0 Å². The van der Waals surface area contributed by atoms with Gasteiger partial charge in [0.05, 0.1) is 4.90 Å². The zero-order chi connectivity index (χ0) is 19.3. The Hall–Kier alpha value is -1.40. The van der Waals surface area contributed by atoms with Gasteiger partial charge < -0.3 is 4.90 Å². The van der Waals surface area contributed by atoms with Gasteiger partial charge in [-0.05, 0) is 43.9 Å². The first kappa shape index (κ1) is 20.9. The molecule has 146 valence electrons. The van der Waals surface area contributed by atoms with Crippen LogP contribution in [0.1, 0.15) is 50.7 Å². The van der Waals surface area contributed by atoms with Crippen molar-refractivity contribution in [2.45, 2.75) is 58.3 Å². The maximum atomic E-state index is 13.0. The predicted octanol–water partition coefficient (Wildman–Crippen LogP) is 3.35. The van der Waals surface area contributed by atoms with E-state index in [9.17, 15) is 13.2 Å². The third-order valence-corrected chi connectivity index (χ3v) is 7.30. The first-order valence-corrected chi connectivity index (χ1v) is 11.1. The maximum absolute atomic E-state index is 13.0. The average Bonchev–Trinajstić information content (AvgIpc) is 2.64. The fourth-order valence-corrected chi connectivity index (χ4v) is 5.22. The molecule has 0 spiro atoms. The Morgan fingerprint density at radius 1 is 1.12 bits per heavy atom. The van der Waals surface area contributed by atoms with Gasteiger partial charge in [-0.1, -0.05) is 38.8 Å². The van der Waals surface area contributed by atoms with Crippen LogP contribution in [0.5, 0.6) is 0 Å². The summed E-state index contributed by atoms with van der Waals surface area (Å²) in [6, 6.07) is 5.51. The van der Waals surface area contributed by atoms with Crippen molar-refractivity contribution in [3.8, 4) is 0 Å². The number of carbonyl (C=O) groups excluding carboxylic acids is 1. The smallest absolute Gasteiger partial charge is 0.243 e. The fourth-order valence-electron chi connectivity index (χ4n) is 3.48. The van der Waals surface area contributed by atoms with E-state index in [4.69, 9.17) is 0 Å². The maximum Gasteiger partial charge on any atom is 0.243 e. The molecule has 0 aliphatic carbocycles. The van der Waals surface area contributed by atoms with Gasteiger partial charge in [-0.2, -0.15) is 4.31 Å². The average molecular weight is 381 g/mol. The van der Waals surface area contributed by atoms with E-state index in [2.05, 4.69) is 13.8 Å². The van der Waals surface area contributed by atoms with Crippen LogP contribution in [-0.4, -0.2) is 49.7 Å². The molecule has 1 aliphatic heterocycles. The third kappa shape index (κ3) is 4.65. The van der Waals surface area contributed by atoms with Crippen molar-refractivity contribution >= 4 is 15.9 Å². The van der Waals surface area contributed by atoms with Crippen LogP contribution in [-0.2, 0) is 14.8 Å². The molecule has 1 aromatic carbocycles. The van der Waals surface area contributed by atoms with Crippen molar-refractivity contribution in [1.82, 2.24) is 9.21 Å². The second-order valence-electron chi connectivity index (χ2n) is 7.25. The lowest BCUT2D eigenvalue weighted by atomic mass is 9.97. The zero-order valence-corrected chi connectivity index (χ0v) is 17.3. The molecule has 1 saturated heterocycles. The molecule has 1 unspecified atom stereocenters. The van der Waals surface area contributed by atoms with Gasteiger partial charge in [-0.3, -0.25) is 4.79 Å². The molecule has 1 atom stereocenters. The van der Waals surface area contributed by atoms with Crippen LogP contribution in [0, 0.1) is 19.8 Å². The molecule has 5 nitrogen and oxygen atoms in total. The number of hydrogen-bond acceptors (Lipinski definition) is 3. The van der Waals surface area contributed by atoms with E-state index < -0.39 is 10.0 Å². The van der Waals surface area contributed by atoms with E-state index in [-0.39, 0.29) is 11.8 Å². The summed E-state index contributed by atoms with van der Waals surface area (Å²) in [5.74, 6) is 0.252. The number of nitrogens with zero attached hydrogens (tertiary/aromatic N) is 2. The predicted molar refractivity (Wildman–Crippen MR) is 105 cm³/mol. The highest BCUT2D eigenvalue weighted by molar-refractivity contribution is 7.89. The second kappa shape index (κ2) is 9.00. The molecule has 1 heterocycles. The van der Waals surface area contributed by atoms with Gasteiger partial charge in [0.1, 0.15) is 0 Å². The number of sulfonamides is 1. The summed E-state index contributed by atoms with van der Waals surface area (Å²) in [6.45, 7) is 9.60. The van der Waals surface area contributed by atoms with Crippen molar-refractivity contribution in [2.75, 3.05) is 26.2 Å². The Labute approximate surface area is 158 Å². The normalized spacial score (nSPS) is 17.3. The van der Waals surface area contributed by atoms with Gasteiger partial charge in [0.2, 0.25) is 15.9 Å². The molecule has 0 aromatic heterocycles. The summed E-state index contributed by atoms with van der Waals surface area (Å²) in [6.07, 6.45) is 3.92. The fraction of sp³-hybridized carbons (Fsp3) is 0.650. The van der Waals surface area contributed by atoms with Crippen LogP contribution >= 0.6 is 0 Å². The summed E-state index contributed by atoms with van der Waals surface area (Å²) in [5, 5.41) is 0. The van der Waals surface area contributed by atoms with Crippen LogP contribution in [0.4, 0.5) is 0 Å². The number of benzene rings is 1. The summed E-state index contributed by atoms with van der Waals surface area (Å²) in [5.41, 5.74) is 1.70. The number of piperazine rings is 1. The van der Waals surface area contributed by atoms with E-state index in [1.165, 1.54) is 4.31 Å². The lowest BCUT2D eigenvalue weighted by Gasteiger charge is -2.36.